The van der Waals surface area contributed by atoms with Gasteiger partial charge in [-0.2, -0.15) is 0 Å². The number of benzene rings is 1. The van der Waals surface area contributed by atoms with E-state index in [-0.39, 0.29) is 0 Å². The molecule has 3 heterocycles. The third kappa shape index (κ3) is 1.42. The quantitative estimate of drug-likeness (QED) is 0.529. The van der Waals surface area contributed by atoms with Gasteiger partial charge in [-0.1, -0.05) is 0 Å². The Kier molecular flexibility index (Phi) is 2.21. The van der Waals surface area contributed by atoms with E-state index in [4.69, 9.17) is 9.72 Å². The molecule has 0 bridgehead atoms. The Labute approximate surface area is 115 Å². The molecule has 0 saturated heterocycles. The number of aromatic nitrogens is 3. The molecule has 0 spiro atoms. The van der Waals surface area contributed by atoms with E-state index in [0.717, 1.165) is 38.7 Å². The van der Waals surface area contributed by atoms with Crippen molar-refractivity contribution in [2.24, 2.45) is 7.05 Å². The summed E-state index contributed by atoms with van der Waals surface area (Å²) in [5.74, 6) is 0.853. The first kappa shape index (κ1) is 11.2. The number of rotatable bonds is 1. The molecule has 0 atom stereocenters. The van der Waals surface area contributed by atoms with Gasteiger partial charge < -0.3 is 9.30 Å². The van der Waals surface area contributed by atoms with Gasteiger partial charge in [-0.3, -0.25) is 4.98 Å². The largest absolute Gasteiger partial charge is 0.497 e. The van der Waals surface area contributed by atoms with Crippen LogP contribution in [-0.4, -0.2) is 21.6 Å². The van der Waals surface area contributed by atoms with Crippen molar-refractivity contribution < 1.29 is 4.74 Å². The summed E-state index contributed by atoms with van der Waals surface area (Å²) in [6.07, 6.45) is 1.79. The van der Waals surface area contributed by atoms with E-state index in [1.54, 1.807) is 13.3 Å². The highest BCUT2D eigenvalue weighted by Gasteiger charge is 2.11. The van der Waals surface area contributed by atoms with Gasteiger partial charge in [0.05, 0.1) is 23.7 Å². The average molecular weight is 263 g/mol. The summed E-state index contributed by atoms with van der Waals surface area (Å²) in [7, 11) is 3.72. The average Bonchev–Trinajstić information content (AvgIpc) is 2.77. The Hall–Kier alpha value is -2.62. The molecule has 4 nitrogen and oxygen atoms in total. The van der Waals surface area contributed by atoms with Crippen LogP contribution in [0.1, 0.15) is 0 Å². The first-order chi connectivity index (χ1) is 9.78. The van der Waals surface area contributed by atoms with E-state index < -0.39 is 0 Å². The second-order valence-electron chi connectivity index (χ2n) is 4.84. The summed E-state index contributed by atoms with van der Waals surface area (Å²) >= 11 is 0. The molecule has 4 rings (SSSR count). The lowest BCUT2D eigenvalue weighted by Gasteiger charge is -2.00. The molecular weight excluding hydrogens is 250 g/mol. The second kappa shape index (κ2) is 3.93. The van der Waals surface area contributed by atoms with Gasteiger partial charge in [-0.15, -0.1) is 0 Å². The molecular formula is C16H13N3O. The number of nitrogens with zero attached hydrogens (tertiary/aromatic N) is 3. The van der Waals surface area contributed by atoms with E-state index in [1.165, 1.54) is 0 Å². The monoisotopic (exact) mass is 263 g/mol. The van der Waals surface area contributed by atoms with Crippen molar-refractivity contribution in [2.45, 2.75) is 0 Å². The highest BCUT2D eigenvalue weighted by atomic mass is 16.5. The first-order valence-corrected chi connectivity index (χ1v) is 6.46. The van der Waals surface area contributed by atoms with Crippen molar-refractivity contribution in [3.63, 3.8) is 0 Å². The van der Waals surface area contributed by atoms with Crippen LogP contribution in [0.15, 0.2) is 42.6 Å². The van der Waals surface area contributed by atoms with Gasteiger partial charge >= 0.3 is 0 Å². The Morgan fingerprint density at radius 2 is 1.95 bits per heavy atom. The van der Waals surface area contributed by atoms with Crippen LogP contribution < -0.4 is 4.74 Å². The molecule has 0 fully saturated rings. The maximum atomic E-state index is 5.32. The van der Waals surface area contributed by atoms with Crippen LogP contribution in [0, 0.1) is 0 Å². The van der Waals surface area contributed by atoms with Crippen molar-refractivity contribution >= 4 is 33.0 Å². The third-order valence-corrected chi connectivity index (χ3v) is 3.74. The van der Waals surface area contributed by atoms with Crippen molar-refractivity contribution in [3.05, 3.63) is 42.6 Å². The molecule has 0 saturated carbocycles. The summed E-state index contributed by atoms with van der Waals surface area (Å²) < 4.78 is 7.43. The molecule has 4 heteroatoms. The number of fused-ring (bicyclic) bond motifs is 4. The minimum Gasteiger partial charge on any atom is -0.497 e. The highest BCUT2D eigenvalue weighted by Crippen LogP contribution is 2.31. The molecule has 0 amide bonds. The van der Waals surface area contributed by atoms with Crippen LogP contribution in [0.25, 0.3) is 33.0 Å². The Balaban J connectivity index is 2.23. The molecule has 1 aromatic carbocycles. The number of pyridine rings is 2. The Bertz CT molecular complexity index is 956. The normalized spacial score (nSPS) is 11.5. The van der Waals surface area contributed by atoms with Crippen LogP contribution in [0.4, 0.5) is 0 Å². The second-order valence-corrected chi connectivity index (χ2v) is 4.84. The molecule has 0 aliphatic rings. The fraction of sp³-hybridized carbons (Fsp3) is 0.125. The summed E-state index contributed by atoms with van der Waals surface area (Å²) in [5.41, 5.74) is 3.94. The fourth-order valence-corrected chi connectivity index (χ4v) is 2.71. The number of hydrogen-bond acceptors (Lipinski definition) is 3. The van der Waals surface area contributed by atoms with E-state index >= 15 is 0 Å². The zero-order valence-electron chi connectivity index (χ0n) is 11.3. The molecule has 98 valence electrons. The molecule has 0 unspecified atom stereocenters. The van der Waals surface area contributed by atoms with Crippen molar-refractivity contribution in [1.29, 1.82) is 0 Å². The maximum absolute atomic E-state index is 5.32. The summed E-state index contributed by atoms with van der Waals surface area (Å²) in [4.78, 5) is 9.12. The lowest BCUT2D eigenvalue weighted by atomic mass is 10.1. The topological polar surface area (TPSA) is 39.9 Å². The van der Waals surface area contributed by atoms with Crippen LogP contribution >= 0.6 is 0 Å². The van der Waals surface area contributed by atoms with Crippen molar-refractivity contribution in [2.75, 3.05) is 7.11 Å². The predicted molar refractivity (Wildman–Crippen MR) is 80.1 cm³/mol. The van der Waals surface area contributed by atoms with Gasteiger partial charge in [0.15, 0.2) is 0 Å². The Morgan fingerprint density at radius 3 is 2.80 bits per heavy atom. The van der Waals surface area contributed by atoms with Crippen LogP contribution in [-0.2, 0) is 7.05 Å². The lowest BCUT2D eigenvalue weighted by Crippen LogP contribution is -1.90. The minimum atomic E-state index is 0.853. The third-order valence-electron chi connectivity index (χ3n) is 3.74. The zero-order valence-corrected chi connectivity index (χ0v) is 11.3. The predicted octanol–water partition coefficient (Wildman–Crippen LogP) is 3.28. The highest BCUT2D eigenvalue weighted by molar-refractivity contribution is 6.09. The van der Waals surface area contributed by atoms with Gasteiger partial charge in [0.2, 0.25) is 0 Å². The van der Waals surface area contributed by atoms with Gasteiger partial charge in [0.25, 0.3) is 0 Å². The Morgan fingerprint density at radius 1 is 1.05 bits per heavy atom. The van der Waals surface area contributed by atoms with Crippen LogP contribution in [0.5, 0.6) is 5.75 Å². The molecule has 3 aromatic heterocycles. The molecule has 0 aliphatic carbocycles. The summed E-state index contributed by atoms with van der Waals surface area (Å²) in [6, 6.07) is 12.1. The van der Waals surface area contributed by atoms with Crippen molar-refractivity contribution in [1.82, 2.24) is 14.5 Å². The standard InChI is InChI=1S/C16H13N3O/c1-19-15-6-5-10(20-2)8-11(15)12-9-14-13(18-16(12)19)4-3-7-17-14/h3-9H,1-2H3. The molecule has 0 radical (unpaired) electrons. The number of methoxy groups -OCH3 is 1. The smallest absolute Gasteiger partial charge is 0.141 e. The first-order valence-electron chi connectivity index (χ1n) is 6.46. The molecule has 20 heavy (non-hydrogen) atoms. The molecule has 0 N–H and O–H groups in total. The van der Waals surface area contributed by atoms with Gasteiger partial charge in [-0.05, 0) is 36.4 Å². The van der Waals surface area contributed by atoms with Gasteiger partial charge in [-0.25, -0.2) is 4.98 Å². The van der Waals surface area contributed by atoms with Gasteiger partial charge in [0.1, 0.15) is 11.4 Å². The van der Waals surface area contributed by atoms with Crippen LogP contribution in [0.3, 0.4) is 0 Å². The SMILES string of the molecule is COc1ccc2c(c1)c1cc3ncccc3nc1n2C. The molecule has 0 aliphatic heterocycles. The van der Waals surface area contributed by atoms with E-state index in [1.807, 2.05) is 31.3 Å². The zero-order chi connectivity index (χ0) is 13.7. The minimum absolute atomic E-state index is 0.853. The molecule has 4 aromatic rings. The summed E-state index contributed by atoms with van der Waals surface area (Å²) in [5, 5.41) is 2.24. The van der Waals surface area contributed by atoms with E-state index in [0.29, 0.717) is 0 Å². The number of hydrogen-bond donors (Lipinski definition) is 0. The number of aryl methyl sites for hydroxylation is 1. The van der Waals surface area contributed by atoms with E-state index in [2.05, 4.69) is 21.7 Å². The maximum Gasteiger partial charge on any atom is 0.141 e. The van der Waals surface area contributed by atoms with E-state index in [9.17, 15) is 0 Å². The number of ether oxygens (including phenoxy) is 1. The lowest BCUT2D eigenvalue weighted by molar-refractivity contribution is 0.415. The summed E-state index contributed by atoms with van der Waals surface area (Å²) in [6.45, 7) is 0. The van der Waals surface area contributed by atoms with Crippen molar-refractivity contribution in [3.8, 4) is 5.75 Å². The fourth-order valence-electron chi connectivity index (χ4n) is 2.71. The van der Waals surface area contributed by atoms with Crippen LogP contribution in [0.2, 0.25) is 0 Å². The van der Waals surface area contributed by atoms with Gasteiger partial charge in [0, 0.05) is 24.0 Å².